The van der Waals surface area contributed by atoms with Gasteiger partial charge in [0.15, 0.2) is 0 Å². The second-order valence-corrected chi connectivity index (χ2v) is 4.69. The van der Waals surface area contributed by atoms with E-state index < -0.39 is 5.91 Å². The summed E-state index contributed by atoms with van der Waals surface area (Å²) in [6, 6.07) is 12.7. The molecule has 21 heavy (non-hydrogen) atoms. The van der Waals surface area contributed by atoms with Crippen molar-refractivity contribution >= 4 is 17.5 Å². The minimum Gasteiger partial charge on any atom is -0.369 e. The number of primary amides is 1. The third kappa shape index (κ3) is 4.72. The average molecular weight is 286 g/mol. The number of rotatable bonds is 5. The zero-order valence-corrected chi connectivity index (χ0v) is 11.3. The molecule has 2 rings (SSSR count). The molecule has 0 aliphatic heterocycles. The van der Waals surface area contributed by atoms with E-state index in [-0.39, 0.29) is 24.6 Å². The maximum atomic E-state index is 12.8. The van der Waals surface area contributed by atoms with E-state index in [0.29, 0.717) is 5.69 Å². The number of nitrogens with two attached hydrogens (primary N) is 1. The largest absolute Gasteiger partial charge is 0.369 e. The average Bonchev–Trinajstić information content (AvgIpc) is 2.43. The molecule has 0 heterocycles. The van der Waals surface area contributed by atoms with Crippen LogP contribution in [0.15, 0.2) is 48.5 Å². The van der Waals surface area contributed by atoms with Gasteiger partial charge < -0.3 is 11.1 Å². The molecule has 0 radical (unpaired) electrons. The number of benzene rings is 2. The van der Waals surface area contributed by atoms with E-state index in [0.717, 1.165) is 11.1 Å². The highest BCUT2D eigenvalue weighted by molar-refractivity contribution is 5.92. The van der Waals surface area contributed by atoms with Crippen molar-refractivity contribution in [3.05, 3.63) is 65.5 Å². The molecule has 4 nitrogen and oxygen atoms in total. The Morgan fingerprint density at radius 1 is 0.905 bits per heavy atom. The van der Waals surface area contributed by atoms with Gasteiger partial charge in [-0.25, -0.2) is 4.39 Å². The number of anilines is 1. The highest BCUT2D eigenvalue weighted by Crippen LogP contribution is 2.11. The van der Waals surface area contributed by atoms with E-state index in [9.17, 15) is 14.0 Å². The van der Waals surface area contributed by atoms with E-state index in [2.05, 4.69) is 5.32 Å². The molecule has 2 aromatic carbocycles. The Morgan fingerprint density at radius 2 is 1.43 bits per heavy atom. The molecule has 0 aromatic heterocycles. The van der Waals surface area contributed by atoms with E-state index >= 15 is 0 Å². The van der Waals surface area contributed by atoms with Crippen LogP contribution in [0.3, 0.4) is 0 Å². The van der Waals surface area contributed by atoms with Gasteiger partial charge in [-0.1, -0.05) is 24.3 Å². The lowest BCUT2D eigenvalue weighted by molar-refractivity contribution is -0.117. The van der Waals surface area contributed by atoms with Crippen LogP contribution in [0, 0.1) is 5.82 Å². The molecule has 108 valence electrons. The lowest BCUT2D eigenvalue weighted by atomic mass is 10.1. The third-order valence-electron chi connectivity index (χ3n) is 2.89. The van der Waals surface area contributed by atoms with Crippen molar-refractivity contribution < 1.29 is 14.0 Å². The van der Waals surface area contributed by atoms with Crippen LogP contribution in [-0.2, 0) is 22.4 Å². The van der Waals surface area contributed by atoms with Gasteiger partial charge in [-0.15, -0.1) is 0 Å². The molecule has 0 unspecified atom stereocenters. The van der Waals surface area contributed by atoms with Crippen LogP contribution in [0.5, 0.6) is 0 Å². The number of nitrogens with one attached hydrogen (secondary N) is 1. The Bertz CT molecular complexity index is 636. The van der Waals surface area contributed by atoms with Crippen molar-refractivity contribution in [2.45, 2.75) is 12.8 Å². The van der Waals surface area contributed by atoms with Crippen molar-refractivity contribution in [1.82, 2.24) is 0 Å². The molecule has 0 aliphatic carbocycles. The van der Waals surface area contributed by atoms with Gasteiger partial charge in [0.25, 0.3) is 0 Å². The molecular weight excluding hydrogens is 271 g/mol. The molecule has 5 heteroatoms. The van der Waals surface area contributed by atoms with Gasteiger partial charge >= 0.3 is 0 Å². The van der Waals surface area contributed by atoms with Gasteiger partial charge in [0.05, 0.1) is 12.8 Å². The Balaban J connectivity index is 1.93. The summed E-state index contributed by atoms with van der Waals surface area (Å²) in [6.07, 6.45) is 0.340. The fourth-order valence-electron chi connectivity index (χ4n) is 1.90. The van der Waals surface area contributed by atoms with Crippen LogP contribution in [0.25, 0.3) is 0 Å². The van der Waals surface area contributed by atoms with Crippen molar-refractivity contribution in [3.63, 3.8) is 0 Å². The van der Waals surface area contributed by atoms with Gasteiger partial charge in [-0.05, 0) is 35.4 Å². The smallest absolute Gasteiger partial charge is 0.228 e. The van der Waals surface area contributed by atoms with Crippen LogP contribution >= 0.6 is 0 Å². The van der Waals surface area contributed by atoms with E-state index in [1.54, 1.807) is 36.4 Å². The molecule has 0 bridgehead atoms. The fourth-order valence-corrected chi connectivity index (χ4v) is 1.90. The van der Waals surface area contributed by atoms with Gasteiger partial charge in [-0.3, -0.25) is 9.59 Å². The molecular formula is C16H15FN2O2. The SMILES string of the molecule is NC(=O)Cc1ccc(NC(=O)Cc2ccc(F)cc2)cc1. The topological polar surface area (TPSA) is 72.2 Å². The lowest BCUT2D eigenvalue weighted by Gasteiger charge is -2.06. The zero-order valence-electron chi connectivity index (χ0n) is 11.3. The summed E-state index contributed by atoms with van der Waals surface area (Å²) in [5.41, 5.74) is 7.27. The molecule has 0 saturated heterocycles. The first kappa shape index (κ1) is 14.7. The third-order valence-corrected chi connectivity index (χ3v) is 2.89. The first-order chi connectivity index (χ1) is 10.0. The summed E-state index contributed by atoms with van der Waals surface area (Å²) in [5, 5.41) is 2.74. The number of amides is 2. The monoisotopic (exact) mass is 286 g/mol. The van der Waals surface area contributed by atoms with Crippen molar-refractivity contribution in [1.29, 1.82) is 0 Å². The zero-order chi connectivity index (χ0) is 15.2. The van der Waals surface area contributed by atoms with Gasteiger partial charge in [0.2, 0.25) is 11.8 Å². The minimum atomic E-state index is -0.400. The predicted molar refractivity (Wildman–Crippen MR) is 78.1 cm³/mol. The number of carbonyl (C=O) groups excluding carboxylic acids is 2. The summed E-state index contributed by atoms with van der Waals surface area (Å²) in [4.78, 5) is 22.6. The van der Waals surface area contributed by atoms with Crippen molar-refractivity contribution in [3.8, 4) is 0 Å². The molecule has 2 amide bonds. The highest BCUT2D eigenvalue weighted by atomic mass is 19.1. The maximum Gasteiger partial charge on any atom is 0.228 e. The molecule has 0 aliphatic rings. The summed E-state index contributed by atoms with van der Waals surface area (Å²) in [7, 11) is 0. The van der Waals surface area contributed by atoms with Crippen LogP contribution in [0.1, 0.15) is 11.1 Å². The molecule has 2 aromatic rings. The Labute approximate surface area is 121 Å². The summed E-state index contributed by atoms with van der Waals surface area (Å²) in [6.45, 7) is 0. The van der Waals surface area contributed by atoms with Crippen molar-refractivity contribution in [2.75, 3.05) is 5.32 Å². The molecule has 0 fully saturated rings. The summed E-state index contributed by atoms with van der Waals surface area (Å²) < 4.78 is 12.8. The molecule has 0 saturated carbocycles. The summed E-state index contributed by atoms with van der Waals surface area (Å²) in [5.74, 6) is -0.920. The number of hydrogen-bond acceptors (Lipinski definition) is 2. The maximum absolute atomic E-state index is 12.8. The van der Waals surface area contributed by atoms with Crippen LogP contribution < -0.4 is 11.1 Å². The van der Waals surface area contributed by atoms with E-state index in [4.69, 9.17) is 5.73 Å². The number of carbonyl (C=O) groups is 2. The normalized spacial score (nSPS) is 10.1. The second kappa shape index (κ2) is 6.65. The van der Waals surface area contributed by atoms with Crippen LogP contribution in [0.4, 0.5) is 10.1 Å². The summed E-state index contributed by atoms with van der Waals surface area (Å²) >= 11 is 0. The number of halogens is 1. The standard InChI is InChI=1S/C16H15FN2O2/c17-13-5-1-12(2-6-13)10-16(21)19-14-7-3-11(4-8-14)9-15(18)20/h1-8H,9-10H2,(H2,18,20)(H,19,21). The van der Waals surface area contributed by atoms with E-state index in [1.807, 2.05) is 0 Å². The Morgan fingerprint density at radius 3 is 2.00 bits per heavy atom. The fraction of sp³-hybridized carbons (Fsp3) is 0.125. The first-order valence-electron chi connectivity index (χ1n) is 6.44. The van der Waals surface area contributed by atoms with E-state index in [1.165, 1.54) is 12.1 Å². The second-order valence-electron chi connectivity index (χ2n) is 4.69. The predicted octanol–water partition coefficient (Wildman–Crippen LogP) is 2.03. The number of hydrogen-bond donors (Lipinski definition) is 2. The Kier molecular flexibility index (Phi) is 4.66. The molecule has 3 N–H and O–H groups in total. The quantitative estimate of drug-likeness (QED) is 0.882. The molecule has 0 spiro atoms. The Hall–Kier alpha value is -2.69. The van der Waals surface area contributed by atoms with Gasteiger partial charge in [0.1, 0.15) is 5.82 Å². The minimum absolute atomic E-state index is 0.170. The first-order valence-corrected chi connectivity index (χ1v) is 6.44. The van der Waals surface area contributed by atoms with Crippen molar-refractivity contribution in [2.24, 2.45) is 5.73 Å². The lowest BCUT2D eigenvalue weighted by Crippen LogP contribution is -2.15. The molecule has 0 atom stereocenters. The van der Waals surface area contributed by atoms with Gasteiger partial charge in [0, 0.05) is 5.69 Å². The van der Waals surface area contributed by atoms with Gasteiger partial charge in [-0.2, -0.15) is 0 Å². The van der Waals surface area contributed by atoms with Crippen LogP contribution in [0.2, 0.25) is 0 Å². The van der Waals surface area contributed by atoms with Crippen LogP contribution in [-0.4, -0.2) is 11.8 Å². The highest BCUT2D eigenvalue weighted by Gasteiger charge is 2.05.